The Labute approximate surface area is 120 Å². The minimum absolute atomic E-state index is 0.0241. The van der Waals surface area contributed by atoms with E-state index >= 15 is 0 Å². The van der Waals surface area contributed by atoms with E-state index in [1.54, 1.807) is 0 Å². The molecule has 0 bridgehead atoms. The Hall–Kier alpha value is -1.55. The molecule has 110 valence electrons. The van der Waals surface area contributed by atoms with E-state index in [-0.39, 0.29) is 11.5 Å². The van der Waals surface area contributed by atoms with Crippen molar-refractivity contribution >= 4 is 6.09 Å². The zero-order valence-electron chi connectivity index (χ0n) is 12.5. The fourth-order valence-electron chi connectivity index (χ4n) is 2.48. The lowest BCUT2D eigenvalue weighted by Gasteiger charge is -2.25. The summed E-state index contributed by atoms with van der Waals surface area (Å²) in [6.07, 6.45) is 1.75. The van der Waals surface area contributed by atoms with Gasteiger partial charge in [-0.3, -0.25) is 0 Å². The summed E-state index contributed by atoms with van der Waals surface area (Å²) in [7, 11) is 0. The maximum Gasteiger partial charge on any atom is 0.407 e. The normalized spacial score (nSPS) is 18.2. The molecule has 1 atom stereocenters. The van der Waals surface area contributed by atoms with Crippen LogP contribution in [0.3, 0.4) is 0 Å². The first kappa shape index (κ1) is 14.9. The molecule has 0 saturated heterocycles. The summed E-state index contributed by atoms with van der Waals surface area (Å²) in [5.74, 6) is 0. The molecule has 2 rings (SSSR count). The number of nitrogens with two attached hydrogens (primary N) is 1. The predicted molar refractivity (Wildman–Crippen MR) is 79.6 cm³/mol. The van der Waals surface area contributed by atoms with E-state index < -0.39 is 11.7 Å². The highest BCUT2D eigenvalue weighted by molar-refractivity contribution is 5.67. The average molecular weight is 276 g/mol. The molecule has 3 N–H and O–H groups in total. The third-order valence-electron chi connectivity index (χ3n) is 3.71. The van der Waals surface area contributed by atoms with Crippen molar-refractivity contribution < 1.29 is 9.53 Å². The van der Waals surface area contributed by atoms with E-state index in [0.29, 0.717) is 6.54 Å². The quantitative estimate of drug-likeness (QED) is 0.888. The second kappa shape index (κ2) is 5.44. The van der Waals surface area contributed by atoms with Crippen LogP contribution in [-0.2, 0) is 10.2 Å². The number of alkyl carbamates (subject to hydrolysis) is 1. The summed E-state index contributed by atoms with van der Waals surface area (Å²) in [4.78, 5) is 11.7. The number of carbonyl (C=O) groups excluding carboxylic acids is 1. The summed E-state index contributed by atoms with van der Waals surface area (Å²) >= 11 is 0. The van der Waals surface area contributed by atoms with Gasteiger partial charge in [0, 0.05) is 18.0 Å². The third-order valence-corrected chi connectivity index (χ3v) is 3.71. The number of amides is 1. The van der Waals surface area contributed by atoms with Crippen LogP contribution in [0.2, 0.25) is 0 Å². The molecule has 0 heterocycles. The highest BCUT2D eigenvalue weighted by atomic mass is 16.6. The van der Waals surface area contributed by atoms with E-state index in [0.717, 1.165) is 12.8 Å². The topological polar surface area (TPSA) is 64.3 Å². The number of benzene rings is 1. The third kappa shape index (κ3) is 3.51. The van der Waals surface area contributed by atoms with Crippen LogP contribution >= 0.6 is 0 Å². The molecule has 0 radical (unpaired) electrons. The maximum absolute atomic E-state index is 11.7. The highest BCUT2D eigenvalue weighted by Gasteiger charge is 2.49. The van der Waals surface area contributed by atoms with E-state index in [1.165, 1.54) is 5.56 Å². The van der Waals surface area contributed by atoms with Gasteiger partial charge in [-0.2, -0.15) is 0 Å². The summed E-state index contributed by atoms with van der Waals surface area (Å²) in [5, 5.41) is 2.77. The molecule has 4 heteroatoms. The first-order chi connectivity index (χ1) is 9.33. The lowest BCUT2D eigenvalue weighted by atomic mass is 9.88. The van der Waals surface area contributed by atoms with Crippen LogP contribution in [0.25, 0.3) is 0 Å². The summed E-state index contributed by atoms with van der Waals surface area (Å²) in [6.45, 7) is 5.97. The standard InChI is InChI=1S/C16H24N2O2/c1-15(2,3)20-14(19)18-11-13(17)16(9-10-16)12-7-5-4-6-8-12/h4-8,13H,9-11,17H2,1-3H3,(H,18,19). The summed E-state index contributed by atoms with van der Waals surface area (Å²) in [6, 6.07) is 10.2. The highest BCUT2D eigenvalue weighted by Crippen LogP contribution is 2.50. The van der Waals surface area contributed by atoms with Crippen LogP contribution in [0, 0.1) is 0 Å². The Morgan fingerprint density at radius 1 is 1.35 bits per heavy atom. The van der Waals surface area contributed by atoms with E-state index in [1.807, 2.05) is 39.0 Å². The van der Waals surface area contributed by atoms with Crippen molar-refractivity contribution in [1.29, 1.82) is 0 Å². The average Bonchev–Trinajstić information content (AvgIpc) is 3.16. The van der Waals surface area contributed by atoms with Gasteiger partial charge in [-0.05, 0) is 39.2 Å². The molecule has 1 amide bonds. The largest absolute Gasteiger partial charge is 0.444 e. The first-order valence-corrected chi connectivity index (χ1v) is 7.11. The molecule has 0 aromatic heterocycles. The second-order valence-electron chi connectivity index (χ2n) is 6.51. The van der Waals surface area contributed by atoms with Crippen molar-refractivity contribution in [3.05, 3.63) is 35.9 Å². The van der Waals surface area contributed by atoms with Crippen molar-refractivity contribution in [2.45, 2.75) is 50.7 Å². The molecule has 1 aliphatic carbocycles. The minimum atomic E-state index is -0.481. The van der Waals surface area contributed by atoms with Crippen LogP contribution in [0.5, 0.6) is 0 Å². The van der Waals surface area contributed by atoms with Crippen molar-refractivity contribution in [2.75, 3.05) is 6.54 Å². The Bertz CT molecular complexity index is 461. The van der Waals surface area contributed by atoms with Gasteiger partial charge in [0.1, 0.15) is 5.60 Å². The number of carbonyl (C=O) groups is 1. The van der Waals surface area contributed by atoms with Gasteiger partial charge in [-0.15, -0.1) is 0 Å². The van der Waals surface area contributed by atoms with Gasteiger partial charge in [-0.1, -0.05) is 30.3 Å². The predicted octanol–water partition coefficient (Wildman–Crippen LogP) is 2.57. The van der Waals surface area contributed by atoms with E-state index in [9.17, 15) is 4.79 Å². The van der Waals surface area contributed by atoms with Gasteiger partial charge in [-0.25, -0.2) is 4.79 Å². The zero-order valence-corrected chi connectivity index (χ0v) is 12.5. The molecule has 1 aromatic rings. The molecule has 1 fully saturated rings. The fraction of sp³-hybridized carbons (Fsp3) is 0.562. The number of nitrogens with one attached hydrogen (secondary N) is 1. The summed E-state index contributed by atoms with van der Waals surface area (Å²) < 4.78 is 5.22. The molecule has 0 aliphatic heterocycles. The lowest BCUT2D eigenvalue weighted by Crippen LogP contribution is -2.46. The molecule has 0 spiro atoms. The maximum atomic E-state index is 11.7. The second-order valence-corrected chi connectivity index (χ2v) is 6.51. The van der Waals surface area contributed by atoms with Gasteiger partial charge in [0.15, 0.2) is 0 Å². The van der Waals surface area contributed by atoms with Gasteiger partial charge >= 0.3 is 6.09 Å². The molecular formula is C16H24N2O2. The van der Waals surface area contributed by atoms with Crippen molar-refractivity contribution in [2.24, 2.45) is 5.73 Å². The van der Waals surface area contributed by atoms with Crippen molar-refractivity contribution in [3.8, 4) is 0 Å². The summed E-state index contributed by atoms with van der Waals surface area (Å²) in [5.41, 5.74) is 7.09. The van der Waals surface area contributed by atoms with Crippen molar-refractivity contribution in [3.63, 3.8) is 0 Å². The Kier molecular flexibility index (Phi) is 4.04. The molecule has 4 nitrogen and oxygen atoms in total. The van der Waals surface area contributed by atoms with Crippen LogP contribution < -0.4 is 11.1 Å². The van der Waals surface area contributed by atoms with Crippen LogP contribution in [0.4, 0.5) is 4.79 Å². The smallest absolute Gasteiger partial charge is 0.407 e. The Morgan fingerprint density at radius 2 is 1.95 bits per heavy atom. The number of rotatable bonds is 4. The lowest BCUT2D eigenvalue weighted by molar-refractivity contribution is 0.0522. The Morgan fingerprint density at radius 3 is 2.45 bits per heavy atom. The first-order valence-electron chi connectivity index (χ1n) is 7.11. The molecular weight excluding hydrogens is 252 g/mol. The van der Waals surface area contributed by atoms with Gasteiger partial charge in [0.2, 0.25) is 0 Å². The van der Waals surface area contributed by atoms with Crippen LogP contribution in [0.15, 0.2) is 30.3 Å². The fourth-order valence-corrected chi connectivity index (χ4v) is 2.48. The molecule has 1 aliphatic rings. The SMILES string of the molecule is CC(C)(C)OC(=O)NCC(N)C1(c2ccccc2)CC1. The van der Waals surface area contributed by atoms with Gasteiger partial charge in [0.25, 0.3) is 0 Å². The van der Waals surface area contributed by atoms with Crippen molar-refractivity contribution in [1.82, 2.24) is 5.32 Å². The number of ether oxygens (including phenoxy) is 1. The molecule has 1 saturated carbocycles. The zero-order chi connectivity index (χ0) is 14.8. The monoisotopic (exact) mass is 276 g/mol. The van der Waals surface area contributed by atoms with E-state index in [4.69, 9.17) is 10.5 Å². The van der Waals surface area contributed by atoms with Gasteiger partial charge < -0.3 is 15.8 Å². The number of hydrogen-bond acceptors (Lipinski definition) is 3. The molecule has 1 aromatic carbocycles. The molecule has 1 unspecified atom stereocenters. The van der Waals surface area contributed by atoms with Gasteiger partial charge in [0.05, 0.1) is 0 Å². The number of hydrogen-bond donors (Lipinski definition) is 2. The Balaban J connectivity index is 1.90. The van der Waals surface area contributed by atoms with Crippen LogP contribution in [0.1, 0.15) is 39.2 Å². The van der Waals surface area contributed by atoms with E-state index in [2.05, 4.69) is 17.4 Å². The van der Waals surface area contributed by atoms with Crippen LogP contribution in [-0.4, -0.2) is 24.3 Å². The minimum Gasteiger partial charge on any atom is -0.444 e. The molecule has 20 heavy (non-hydrogen) atoms.